The number of anilines is 1. The standard InChI is InChI=1S/C12H10Cl2N2O4S/c1-15-21(18,19)11-5-4-10(20-11)12(17)16-9-3-2-7(13)6-8(9)14/h2-6,15H,1H3,(H,16,17). The van der Waals surface area contributed by atoms with Gasteiger partial charge in [-0.25, -0.2) is 13.1 Å². The third kappa shape index (κ3) is 3.56. The fourth-order valence-corrected chi connectivity index (χ4v) is 2.57. The van der Waals surface area contributed by atoms with Crippen LogP contribution in [-0.4, -0.2) is 21.4 Å². The number of sulfonamides is 1. The van der Waals surface area contributed by atoms with Gasteiger partial charge in [0.05, 0.1) is 10.7 Å². The molecule has 2 rings (SSSR count). The quantitative estimate of drug-likeness (QED) is 0.888. The highest BCUT2D eigenvalue weighted by atomic mass is 35.5. The Labute approximate surface area is 131 Å². The average molecular weight is 349 g/mol. The van der Waals surface area contributed by atoms with Crippen LogP contribution in [0.1, 0.15) is 10.6 Å². The molecule has 0 aliphatic heterocycles. The monoisotopic (exact) mass is 348 g/mol. The summed E-state index contributed by atoms with van der Waals surface area (Å²) in [5.74, 6) is -0.786. The molecule has 112 valence electrons. The summed E-state index contributed by atoms with van der Waals surface area (Å²) >= 11 is 11.7. The zero-order chi connectivity index (χ0) is 15.6. The van der Waals surface area contributed by atoms with Gasteiger partial charge in [0.25, 0.3) is 15.9 Å². The number of hydrogen-bond donors (Lipinski definition) is 2. The molecule has 2 N–H and O–H groups in total. The third-order valence-electron chi connectivity index (χ3n) is 2.52. The second-order valence-corrected chi connectivity index (χ2v) is 6.57. The van der Waals surface area contributed by atoms with E-state index >= 15 is 0 Å². The molecule has 21 heavy (non-hydrogen) atoms. The molecule has 1 heterocycles. The van der Waals surface area contributed by atoms with Crippen molar-refractivity contribution in [2.24, 2.45) is 0 Å². The Hall–Kier alpha value is -1.54. The van der Waals surface area contributed by atoms with Crippen molar-refractivity contribution in [1.82, 2.24) is 4.72 Å². The van der Waals surface area contributed by atoms with Crippen LogP contribution >= 0.6 is 23.2 Å². The van der Waals surface area contributed by atoms with E-state index in [0.717, 1.165) is 0 Å². The van der Waals surface area contributed by atoms with Crippen molar-refractivity contribution >= 4 is 44.8 Å². The zero-order valence-electron chi connectivity index (χ0n) is 10.7. The zero-order valence-corrected chi connectivity index (χ0v) is 13.0. The second-order valence-electron chi connectivity index (χ2n) is 3.90. The van der Waals surface area contributed by atoms with Gasteiger partial charge in [0, 0.05) is 5.02 Å². The Bertz CT molecular complexity index is 786. The van der Waals surface area contributed by atoms with E-state index in [4.69, 9.17) is 27.6 Å². The molecule has 0 saturated heterocycles. The van der Waals surface area contributed by atoms with Gasteiger partial charge in [0.2, 0.25) is 5.09 Å². The number of amides is 1. The Morgan fingerprint density at radius 3 is 2.52 bits per heavy atom. The first-order valence-corrected chi connectivity index (χ1v) is 7.87. The molecule has 1 aromatic carbocycles. The van der Waals surface area contributed by atoms with Gasteiger partial charge in [-0.15, -0.1) is 0 Å². The average Bonchev–Trinajstić information content (AvgIpc) is 2.92. The minimum absolute atomic E-state index is 0.158. The van der Waals surface area contributed by atoms with E-state index in [1.165, 1.54) is 31.3 Å². The van der Waals surface area contributed by atoms with Crippen molar-refractivity contribution in [3.8, 4) is 0 Å². The van der Waals surface area contributed by atoms with E-state index in [1.807, 2.05) is 0 Å². The van der Waals surface area contributed by atoms with Gasteiger partial charge in [-0.3, -0.25) is 4.79 Å². The fraction of sp³-hybridized carbons (Fsp3) is 0.0833. The van der Waals surface area contributed by atoms with Crippen LogP contribution in [0.4, 0.5) is 5.69 Å². The molecule has 0 spiro atoms. The summed E-state index contributed by atoms with van der Waals surface area (Å²) in [4.78, 5) is 12.0. The second kappa shape index (κ2) is 6.07. The predicted molar refractivity (Wildman–Crippen MR) is 79.4 cm³/mol. The maximum atomic E-state index is 12.0. The number of carbonyl (C=O) groups excluding carboxylic acids is 1. The highest BCUT2D eigenvalue weighted by molar-refractivity contribution is 7.89. The summed E-state index contributed by atoms with van der Waals surface area (Å²) in [6.07, 6.45) is 0. The summed E-state index contributed by atoms with van der Waals surface area (Å²) < 4.78 is 30.1. The maximum absolute atomic E-state index is 12.0. The molecule has 0 aliphatic carbocycles. The fourth-order valence-electron chi connectivity index (χ4n) is 1.46. The molecule has 6 nitrogen and oxygen atoms in total. The molecule has 0 unspecified atom stereocenters. The molecule has 0 atom stereocenters. The van der Waals surface area contributed by atoms with Gasteiger partial charge < -0.3 is 9.73 Å². The molecule has 0 saturated carbocycles. The Morgan fingerprint density at radius 2 is 1.90 bits per heavy atom. The molecule has 1 amide bonds. The lowest BCUT2D eigenvalue weighted by atomic mass is 10.3. The largest absolute Gasteiger partial charge is 0.438 e. The molecular formula is C12H10Cl2N2O4S. The Kier molecular flexibility index (Phi) is 4.58. The van der Waals surface area contributed by atoms with Crippen molar-refractivity contribution in [1.29, 1.82) is 0 Å². The number of rotatable bonds is 4. The van der Waals surface area contributed by atoms with E-state index in [-0.39, 0.29) is 15.9 Å². The van der Waals surface area contributed by atoms with E-state index < -0.39 is 15.9 Å². The third-order valence-corrected chi connectivity index (χ3v) is 4.35. The molecule has 0 radical (unpaired) electrons. The number of furan rings is 1. The van der Waals surface area contributed by atoms with Gasteiger partial charge in [-0.1, -0.05) is 23.2 Å². The number of halogens is 2. The molecule has 1 aromatic heterocycles. The molecule has 0 fully saturated rings. The summed E-state index contributed by atoms with van der Waals surface area (Å²) in [6, 6.07) is 6.99. The summed E-state index contributed by atoms with van der Waals surface area (Å²) in [5, 5.41) is 2.83. The highest BCUT2D eigenvalue weighted by Crippen LogP contribution is 2.26. The molecule has 0 bridgehead atoms. The van der Waals surface area contributed by atoms with Gasteiger partial charge in [0.15, 0.2) is 5.76 Å². The van der Waals surface area contributed by atoms with Gasteiger partial charge in [0.1, 0.15) is 0 Å². The minimum atomic E-state index is -3.74. The lowest BCUT2D eigenvalue weighted by Crippen LogP contribution is -2.18. The van der Waals surface area contributed by atoms with Crippen molar-refractivity contribution in [2.75, 3.05) is 12.4 Å². The van der Waals surface area contributed by atoms with E-state index in [1.54, 1.807) is 6.07 Å². The molecular weight excluding hydrogens is 339 g/mol. The van der Waals surface area contributed by atoms with Crippen LogP contribution in [0.3, 0.4) is 0 Å². The van der Waals surface area contributed by atoms with Crippen LogP contribution < -0.4 is 10.0 Å². The van der Waals surface area contributed by atoms with Crippen molar-refractivity contribution < 1.29 is 17.6 Å². The highest BCUT2D eigenvalue weighted by Gasteiger charge is 2.20. The van der Waals surface area contributed by atoms with E-state index in [2.05, 4.69) is 10.0 Å². The van der Waals surface area contributed by atoms with Gasteiger partial charge >= 0.3 is 0 Å². The first-order valence-electron chi connectivity index (χ1n) is 5.63. The molecule has 0 aliphatic rings. The van der Waals surface area contributed by atoms with Crippen LogP contribution in [-0.2, 0) is 10.0 Å². The van der Waals surface area contributed by atoms with Crippen LogP contribution in [0.5, 0.6) is 0 Å². The predicted octanol–water partition coefficient (Wildman–Crippen LogP) is 2.75. The SMILES string of the molecule is CNS(=O)(=O)c1ccc(C(=O)Nc2ccc(Cl)cc2Cl)o1. The number of carbonyl (C=O) groups is 1. The minimum Gasteiger partial charge on any atom is -0.438 e. The van der Waals surface area contributed by atoms with Crippen LogP contribution in [0.15, 0.2) is 39.8 Å². The maximum Gasteiger partial charge on any atom is 0.291 e. The Balaban J connectivity index is 2.22. The lowest BCUT2D eigenvalue weighted by molar-refractivity contribution is 0.0991. The van der Waals surface area contributed by atoms with Crippen LogP contribution in [0.25, 0.3) is 0 Å². The van der Waals surface area contributed by atoms with Crippen molar-refractivity contribution in [2.45, 2.75) is 5.09 Å². The first kappa shape index (κ1) is 15.8. The normalized spacial score (nSPS) is 11.4. The molecule has 2 aromatic rings. The van der Waals surface area contributed by atoms with Crippen LogP contribution in [0.2, 0.25) is 10.0 Å². The first-order chi connectivity index (χ1) is 9.83. The topological polar surface area (TPSA) is 88.4 Å². The summed E-state index contributed by atoms with van der Waals surface area (Å²) in [6.45, 7) is 0. The molecule has 9 heteroatoms. The van der Waals surface area contributed by atoms with E-state index in [0.29, 0.717) is 10.7 Å². The number of hydrogen-bond acceptors (Lipinski definition) is 4. The lowest BCUT2D eigenvalue weighted by Gasteiger charge is -2.05. The number of benzene rings is 1. The van der Waals surface area contributed by atoms with Crippen molar-refractivity contribution in [3.05, 3.63) is 46.1 Å². The number of nitrogens with one attached hydrogen (secondary N) is 2. The van der Waals surface area contributed by atoms with Crippen molar-refractivity contribution in [3.63, 3.8) is 0 Å². The van der Waals surface area contributed by atoms with Crippen LogP contribution in [0, 0.1) is 0 Å². The Morgan fingerprint density at radius 1 is 1.19 bits per heavy atom. The van der Waals surface area contributed by atoms with Gasteiger partial charge in [-0.2, -0.15) is 0 Å². The summed E-state index contributed by atoms with van der Waals surface area (Å²) in [5.41, 5.74) is 0.334. The van der Waals surface area contributed by atoms with Gasteiger partial charge in [-0.05, 0) is 37.4 Å². The smallest absolute Gasteiger partial charge is 0.291 e. The summed E-state index contributed by atoms with van der Waals surface area (Å²) in [7, 11) is -2.50. The van der Waals surface area contributed by atoms with E-state index in [9.17, 15) is 13.2 Å².